The van der Waals surface area contributed by atoms with Gasteiger partial charge in [0.1, 0.15) is 10.8 Å². The van der Waals surface area contributed by atoms with Crippen LogP contribution in [0.2, 0.25) is 0 Å². The summed E-state index contributed by atoms with van der Waals surface area (Å²) in [6.45, 7) is 3.99. The van der Waals surface area contributed by atoms with Crippen molar-refractivity contribution < 1.29 is 9.53 Å². The Labute approximate surface area is 187 Å². The Morgan fingerprint density at radius 2 is 2.10 bits per heavy atom. The second-order valence-corrected chi connectivity index (χ2v) is 9.44. The molecule has 0 fully saturated rings. The van der Waals surface area contributed by atoms with E-state index in [-0.39, 0.29) is 5.78 Å². The van der Waals surface area contributed by atoms with Crippen molar-refractivity contribution in [3.63, 3.8) is 0 Å². The molecule has 5 nitrogen and oxygen atoms in total. The number of hydrogen-bond donors (Lipinski definition) is 0. The fourth-order valence-electron chi connectivity index (χ4n) is 3.25. The lowest BCUT2D eigenvalue weighted by Gasteiger charge is -2.05. The molecule has 0 bridgehead atoms. The van der Waals surface area contributed by atoms with Crippen LogP contribution < -0.4 is 4.74 Å². The van der Waals surface area contributed by atoms with Gasteiger partial charge in [0.2, 0.25) is 0 Å². The molecule has 0 saturated carbocycles. The van der Waals surface area contributed by atoms with Crippen LogP contribution in [0.5, 0.6) is 5.75 Å². The summed E-state index contributed by atoms with van der Waals surface area (Å²) in [6, 6.07) is 9.86. The summed E-state index contributed by atoms with van der Waals surface area (Å²) in [5.74, 6) is 2.09. The van der Waals surface area contributed by atoms with Gasteiger partial charge in [-0.3, -0.25) is 9.36 Å². The molecule has 0 aliphatic heterocycles. The van der Waals surface area contributed by atoms with Gasteiger partial charge in [-0.1, -0.05) is 12.1 Å². The molecule has 3 aromatic heterocycles. The summed E-state index contributed by atoms with van der Waals surface area (Å²) < 4.78 is 7.34. The van der Waals surface area contributed by atoms with E-state index in [0.717, 1.165) is 44.1 Å². The molecule has 0 unspecified atom stereocenters. The second-order valence-electron chi connectivity index (χ2n) is 6.73. The zero-order valence-corrected chi connectivity index (χ0v) is 19.4. The monoisotopic (exact) mass is 455 g/mol. The number of thioether (sulfide) groups is 1. The number of aryl methyl sites for hydroxylation is 1. The molecule has 4 rings (SSSR count). The number of ketones is 1. The third-order valence-electron chi connectivity index (χ3n) is 4.69. The molecule has 154 valence electrons. The van der Waals surface area contributed by atoms with Crippen molar-refractivity contribution in [2.75, 3.05) is 12.9 Å². The summed E-state index contributed by atoms with van der Waals surface area (Å²) in [6.07, 6.45) is 1.78. The Bertz CT molecular complexity index is 1160. The summed E-state index contributed by atoms with van der Waals surface area (Å²) >= 11 is 4.77. The van der Waals surface area contributed by atoms with Crippen molar-refractivity contribution in [3.05, 3.63) is 69.9 Å². The lowest BCUT2D eigenvalue weighted by atomic mass is 10.2. The average Bonchev–Trinajstić information content (AvgIpc) is 3.49. The van der Waals surface area contributed by atoms with E-state index in [2.05, 4.69) is 10.4 Å². The molecule has 4 aromatic rings. The smallest absolute Gasteiger partial charge is 0.193 e. The first-order valence-corrected chi connectivity index (χ1v) is 12.3. The molecule has 0 aliphatic carbocycles. The van der Waals surface area contributed by atoms with E-state index in [1.54, 1.807) is 47.7 Å². The number of rotatable bonds is 8. The fraction of sp³-hybridized carbons (Fsp3) is 0.227. The maximum absolute atomic E-state index is 12.8. The van der Waals surface area contributed by atoms with Gasteiger partial charge < -0.3 is 4.74 Å². The minimum atomic E-state index is 0.138. The maximum Gasteiger partial charge on any atom is 0.193 e. The zero-order chi connectivity index (χ0) is 21.1. The van der Waals surface area contributed by atoms with Gasteiger partial charge in [0.15, 0.2) is 10.9 Å². The molecule has 0 amide bonds. The molecule has 0 aliphatic rings. The lowest BCUT2D eigenvalue weighted by molar-refractivity contribution is 0.102. The summed E-state index contributed by atoms with van der Waals surface area (Å²) in [5, 5.41) is 5.85. The number of aromatic nitrogens is 3. The van der Waals surface area contributed by atoms with Crippen molar-refractivity contribution in [2.24, 2.45) is 0 Å². The van der Waals surface area contributed by atoms with E-state index in [1.807, 2.05) is 54.1 Å². The normalized spacial score (nSPS) is 11.0. The van der Waals surface area contributed by atoms with E-state index < -0.39 is 0 Å². The first-order valence-electron chi connectivity index (χ1n) is 9.35. The van der Waals surface area contributed by atoms with Gasteiger partial charge in [-0.15, -0.1) is 34.4 Å². The molecule has 1 aromatic carbocycles. The van der Waals surface area contributed by atoms with Crippen molar-refractivity contribution >= 4 is 40.2 Å². The van der Waals surface area contributed by atoms with E-state index >= 15 is 0 Å². The fourth-order valence-corrected chi connectivity index (χ4v) is 5.73. The van der Waals surface area contributed by atoms with Crippen LogP contribution in [0.1, 0.15) is 27.4 Å². The van der Waals surface area contributed by atoms with Crippen molar-refractivity contribution in [3.8, 4) is 21.5 Å². The number of carbonyl (C=O) groups is 1. The largest absolute Gasteiger partial charge is 0.497 e. The van der Waals surface area contributed by atoms with Gasteiger partial charge in [0, 0.05) is 45.2 Å². The molecule has 0 N–H and O–H groups in total. The molecule has 30 heavy (non-hydrogen) atoms. The minimum Gasteiger partial charge on any atom is -0.497 e. The van der Waals surface area contributed by atoms with Crippen molar-refractivity contribution in [2.45, 2.75) is 19.6 Å². The molecular formula is C22H21N3O2S3. The van der Waals surface area contributed by atoms with Crippen LogP contribution in [0.3, 0.4) is 0 Å². The Kier molecular flexibility index (Phi) is 6.36. The molecule has 0 atom stereocenters. The van der Waals surface area contributed by atoms with Crippen molar-refractivity contribution in [1.82, 2.24) is 14.5 Å². The predicted octanol–water partition coefficient (Wildman–Crippen LogP) is 5.80. The second kappa shape index (κ2) is 9.16. The molecule has 0 spiro atoms. The number of benzene rings is 1. The molecule has 0 radical (unpaired) electrons. The highest BCUT2D eigenvalue weighted by Gasteiger charge is 2.18. The molecule has 0 saturated heterocycles. The van der Waals surface area contributed by atoms with Gasteiger partial charge >= 0.3 is 0 Å². The SMILES string of the molecule is COc1cccc(-c2nc(CSCC(=O)c3cc(C)n(-c4nccs4)c3C)cs2)c1. The third-order valence-corrected chi connectivity index (χ3v) is 7.36. The Balaban J connectivity index is 1.39. The highest BCUT2D eigenvalue weighted by atomic mass is 32.2. The molecule has 3 heterocycles. The number of Topliss-reactive ketones (excluding diaryl/α,β-unsaturated/α-hetero) is 1. The van der Waals surface area contributed by atoms with Crippen LogP contribution >= 0.6 is 34.4 Å². The minimum absolute atomic E-state index is 0.138. The molecule has 8 heteroatoms. The van der Waals surface area contributed by atoms with Gasteiger partial charge in [-0.05, 0) is 32.0 Å². The van der Waals surface area contributed by atoms with E-state index in [4.69, 9.17) is 9.72 Å². The summed E-state index contributed by atoms with van der Waals surface area (Å²) in [5.41, 5.74) is 4.77. The highest BCUT2D eigenvalue weighted by Crippen LogP contribution is 2.29. The Hall–Kier alpha value is -2.42. The average molecular weight is 456 g/mol. The topological polar surface area (TPSA) is 57.0 Å². The van der Waals surface area contributed by atoms with Crippen molar-refractivity contribution in [1.29, 1.82) is 0 Å². The lowest BCUT2D eigenvalue weighted by Crippen LogP contribution is -2.05. The summed E-state index contributed by atoms with van der Waals surface area (Å²) in [7, 11) is 1.66. The quantitative estimate of drug-likeness (QED) is 0.314. The van der Waals surface area contributed by atoms with E-state index in [1.165, 1.54) is 0 Å². The van der Waals surface area contributed by atoms with Crippen LogP contribution in [-0.4, -0.2) is 33.2 Å². The number of hydrogen-bond acceptors (Lipinski definition) is 7. The van der Waals surface area contributed by atoms with E-state index in [0.29, 0.717) is 11.5 Å². The number of ether oxygens (including phenoxy) is 1. The van der Waals surface area contributed by atoms with Gasteiger partial charge in [0.05, 0.1) is 18.6 Å². The third kappa shape index (κ3) is 4.35. The number of methoxy groups -OCH3 is 1. The highest BCUT2D eigenvalue weighted by molar-refractivity contribution is 7.99. The predicted molar refractivity (Wildman–Crippen MR) is 126 cm³/mol. The van der Waals surface area contributed by atoms with Gasteiger partial charge in [-0.2, -0.15) is 0 Å². The molecular weight excluding hydrogens is 434 g/mol. The summed E-state index contributed by atoms with van der Waals surface area (Å²) in [4.78, 5) is 21.9. The number of thiazole rings is 2. The standard InChI is InChI=1S/C22H21N3O2S3/c1-14-9-19(15(2)25(14)22-23-7-8-29-22)20(26)13-28-11-17-12-30-21(24-17)16-5-4-6-18(10-16)27-3/h4-10,12H,11,13H2,1-3H3. The Morgan fingerprint density at radius 3 is 2.87 bits per heavy atom. The van der Waals surface area contributed by atoms with Crippen LogP contribution in [0.15, 0.2) is 47.3 Å². The van der Waals surface area contributed by atoms with Crippen LogP contribution in [-0.2, 0) is 5.75 Å². The van der Waals surface area contributed by atoms with Gasteiger partial charge in [-0.25, -0.2) is 9.97 Å². The maximum atomic E-state index is 12.8. The first kappa shape index (κ1) is 20.8. The van der Waals surface area contributed by atoms with Crippen LogP contribution in [0, 0.1) is 13.8 Å². The van der Waals surface area contributed by atoms with Crippen LogP contribution in [0.4, 0.5) is 0 Å². The Morgan fingerprint density at radius 1 is 1.23 bits per heavy atom. The number of nitrogens with zero attached hydrogens (tertiary/aromatic N) is 3. The zero-order valence-electron chi connectivity index (χ0n) is 16.9. The van der Waals surface area contributed by atoms with Gasteiger partial charge in [0.25, 0.3) is 0 Å². The number of carbonyl (C=O) groups excluding carboxylic acids is 1. The van der Waals surface area contributed by atoms with Crippen LogP contribution in [0.25, 0.3) is 15.7 Å². The first-order chi connectivity index (χ1) is 14.6. The van der Waals surface area contributed by atoms with E-state index in [9.17, 15) is 4.79 Å².